The van der Waals surface area contributed by atoms with Gasteiger partial charge in [-0.1, -0.05) is 29.3 Å². The Balaban J connectivity index is 2.33. The van der Waals surface area contributed by atoms with Gasteiger partial charge < -0.3 is 5.21 Å². The molecule has 0 aliphatic carbocycles. The second kappa shape index (κ2) is 3.91. The molecule has 1 fully saturated rings. The van der Waals surface area contributed by atoms with Gasteiger partial charge in [0.05, 0.1) is 16.6 Å². The van der Waals surface area contributed by atoms with Crippen molar-refractivity contribution in [3.63, 3.8) is 0 Å². The van der Waals surface area contributed by atoms with Crippen molar-refractivity contribution >= 4 is 23.2 Å². The number of halogens is 3. The summed E-state index contributed by atoms with van der Waals surface area (Å²) in [4.78, 5) is 0. The molecular formula is C10H10Cl2FNO. The van der Waals surface area contributed by atoms with E-state index in [9.17, 15) is 9.60 Å². The molecule has 1 saturated heterocycles. The lowest BCUT2D eigenvalue weighted by atomic mass is 9.95. The van der Waals surface area contributed by atoms with Crippen LogP contribution in [0.4, 0.5) is 4.39 Å². The summed E-state index contributed by atoms with van der Waals surface area (Å²) < 4.78 is 14.3. The first kappa shape index (κ1) is 11.1. The van der Waals surface area contributed by atoms with Crippen molar-refractivity contribution in [2.45, 2.75) is 12.1 Å². The predicted molar refractivity (Wildman–Crippen MR) is 57.2 cm³/mol. The first-order chi connectivity index (χ1) is 7.01. The molecule has 1 aliphatic rings. The van der Waals surface area contributed by atoms with Gasteiger partial charge >= 0.3 is 0 Å². The molecule has 1 atom stereocenters. The second-order valence-electron chi connectivity index (χ2n) is 3.73. The molecule has 5 heteroatoms. The number of hydrogen-bond acceptors (Lipinski definition) is 2. The Morgan fingerprint density at radius 1 is 1.33 bits per heavy atom. The first-order valence-corrected chi connectivity index (χ1v) is 5.35. The fourth-order valence-corrected chi connectivity index (χ4v) is 2.06. The number of hydroxylamine groups is 2. The minimum absolute atomic E-state index is 0.0229. The third-order valence-electron chi connectivity index (χ3n) is 2.64. The summed E-state index contributed by atoms with van der Waals surface area (Å²) in [6.45, 7) is 0.307. The number of hydrogen-bond donors (Lipinski definition) is 1. The maximum Gasteiger partial charge on any atom is 0.152 e. The van der Waals surface area contributed by atoms with Crippen LogP contribution in [-0.4, -0.2) is 23.4 Å². The number of benzene rings is 1. The van der Waals surface area contributed by atoms with Crippen LogP contribution >= 0.6 is 23.2 Å². The van der Waals surface area contributed by atoms with Crippen LogP contribution in [0.5, 0.6) is 0 Å². The number of nitrogens with zero attached hydrogens (tertiary/aromatic N) is 1. The molecule has 1 unspecified atom stereocenters. The molecule has 0 amide bonds. The summed E-state index contributed by atoms with van der Waals surface area (Å²) in [5, 5.41) is 10.9. The van der Waals surface area contributed by atoms with E-state index < -0.39 is 5.67 Å². The smallest absolute Gasteiger partial charge is 0.152 e. The van der Waals surface area contributed by atoms with E-state index >= 15 is 0 Å². The predicted octanol–water partition coefficient (Wildman–Crippen LogP) is 3.25. The highest BCUT2D eigenvalue weighted by molar-refractivity contribution is 6.42. The maximum absolute atomic E-state index is 14.3. The Bertz CT molecular complexity index is 388. The molecule has 15 heavy (non-hydrogen) atoms. The zero-order valence-electron chi connectivity index (χ0n) is 7.88. The highest BCUT2D eigenvalue weighted by Crippen LogP contribution is 2.37. The van der Waals surface area contributed by atoms with Crippen LogP contribution in [0.3, 0.4) is 0 Å². The maximum atomic E-state index is 14.3. The van der Waals surface area contributed by atoms with Crippen LogP contribution in [0.25, 0.3) is 0 Å². The molecule has 2 rings (SSSR count). The van der Waals surface area contributed by atoms with Gasteiger partial charge in [0.15, 0.2) is 5.67 Å². The van der Waals surface area contributed by atoms with Crippen molar-refractivity contribution in [2.24, 2.45) is 0 Å². The topological polar surface area (TPSA) is 23.5 Å². The zero-order chi connectivity index (χ0) is 11.1. The van der Waals surface area contributed by atoms with Crippen molar-refractivity contribution in [3.8, 4) is 0 Å². The number of rotatable bonds is 1. The molecule has 0 bridgehead atoms. The normalized spacial score (nSPS) is 27.2. The molecule has 0 radical (unpaired) electrons. The van der Waals surface area contributed by atoms with E-state index in [0.717, 1.165) is 5.06 Å². The molecule has 82 valence electrons. The molecule has 1 aromatic carbocycles. The summed E-state index contributed by atoms with van der Waals surface area (Å²) in [7, 11) is 0. The van der Waals surface area contributed by atoms with Crippen molar-refractivity contribution in [3.05, 3.63) is 33.8 Å². The van der Waals surface area contributed by atoms with E-state index in [1.807, 2.05) is 0 Å². The molecule has 0 aromatic heterocycles. The van der Waals surface area contributed by atoms with Crippen molar-refractivity contribution < 1.29 is 9.60 Å². The van der Waals surface area contributed by atoms with E-state index in [-0.39, 0.29) is 13.0 Å². The third kappa shape index (κ3) is 2.11. The fourth-order valence-electron chi connectivity index (χ4n) is 1.76. The lowest BCUT2D eigenvalue weighted by Crippen LogP contribution is -2.24. The molecule has 0 spiro atoms. The van der Waals surface area contributed by atoms with E-state index in [0.29, 0.717) is 22.2 Å². The fraction of sp³-hybridized carbons (Fsp3) is 0.400. The van der Waals surface area contributed by atoms with Gasteiger partial charge in [-0.25, -0.2) is 4.39 Å². The van der Waals surface area contributed by atoms with Gasteiger partial charge in [-0.15, -0.1) is 0 Å². The average molecular weight is 250 g/mol. The Hall–Kier alpha value is -0.350. The first-order valence-electron chi connectivity index (χ1n) is 4.59. The summed E-state index contributed by atoms with van der Waals surface area (Å²) >= 11 is 11.6. The summed E-state index contributed by atoms with van der Waals surface area (Å²) in [5.41, 5.74) is -1.06. The van der Waals surface area contributed by atoms with Gasteiger partial charge in [0.2, 0.25) is 0 Å². The molecule has 1 aromatic rings. The lowest BCUT2D eigenvalue weighted by molar-refractivity contribution is -0.0805. The SMILES string of the molecule is ON1CCC(F)(c2ccc(Cl)c(Cl)c2)C1. The highest BCUT2D eigenvalue weighted by Gasteiger charge is 2.39. The van der Waals surface area contributed by atoms with Crippen LogP contribution in [0.1, 0.15) is 12.0 Å². The summed E-state index contributed by atoms with van der Waals surface area (Å²) in [6, 6.07) is 4.69. The highest BCUT2D eigenvalue weighted by atomic mass is 35.5. The number of alkyl halides is 1. The van der Waals surface area contributed by atoms with Crippen molar-refractivity contribution in [1.29, 1.82) is 0 Å². The molecule has 2 nitrogen and oxygen atoms in total. The van der Waals surface area contributed by atoms with Crippen molar-refractivity contribution in [2.75, 3.05) is 13.1 Å². The van der Waals surface area contributed by atoms with E-state index in [1.165, 1.54) is 6.07 Å². The largest absolute Gasteiger partial charge is 0.314 e. The van der Waals surface area contributed by atoms with Gasteiger partial charge in [0.1, 0.15) is 0 Å². The van der Waals surface area contributed by atoms with Gasteiger partial charge in [-0.3, -0.25) is 0 Å². The molecule has 1 N–H and O–H groups in total. The lowest BCUT2D eigenvalue weighted by Gasteiger charge is -2.19. The average Bonchev–Trinajstić information content (AvgIpc) is 2.52. The molecule has 1 heterocycles. The van der Waals surface area contributed by atoms with Gasteiger partial charge in [0.25, 0.3) is 0 Å². The Morgan fingerprint density at radius 2 is 2.07 bits per heavy atom. The van der Waals surface area contributed by atoms with Gasteiger partial charge in [-0.05, 0) is 17.7 Å². The third-order valence-corrected chi connectivity index (χ3v) is 3.38. The van der Waals surface area contributed by atoms with E-state index in [4.69, 9.17) is 23.2 Å². The summed E-state index contributed by atoms with van der Waals surface area (Å²) in [6.07, 6.45) is 0.265. The van der Waals surface area contributed by atoms with Crippen LogP contribution in [0, 0.1) is 0 Å². The minimum Gasteiger partial charge on any atom is -0.314 e. The summed E-state index contributed by atoms with van der Waals surface area (Å²) in [5.74, 6) is 0. The van der Waals surface area contributed by atoms with Crippen LogP contribution in [0.15, 0.2) is 18.2 Å². The molecule has 0 saturated carbocycles. The van der Waals surface area contributed by atoms with Crippen LogP contribution in [-0.2, 0) is 5.67 Å². The zero-order valence-corrected chi connectivity index (χ0v) is 9.39. The van der Waals surface area contributed by atoms with Gasteiger partial charge in [0, 0.05) is 13.0 Å². The Labute approximate surface area is 97.2 Å². The minimum atomic E-state index is -1.52. The standard InChI is InChI=1S/C10H10Cl2FNO/c11-8-2-1-7(5-9(8)12)10(13)3-4-14(15)6-10/h1-2,5,15H,3-4,6H2. The molecular weight excluding hydrogens is 240 g/mol. The van der Waals surface area contributed by atoms with E-state index in [2.05, 4.69) is 0 Å². The van der Waals surface area contributed by atoms with E-state index in [1.54, 1.807) is 12.1 Å². The Kier molecular flexibility index (Phi) is 2.90. The second-order valence-corrected chi connectivity index (χ2v) is 4.55. The monoisotopic (exact) mass is 249 g/mol. The van der Waals surface area contributed by atoms with Crippen LogP contribution in [0.2, 0.25) is 10.0 Å². The quantitative estimate of drug-likeness (QED) is 0.826. The van der Waals surface area contributed by atoms with Gasteiger partial charge in [-0.2, -0.15) is 5.06 Å². The molecule has 1 aliphatic heterocycles. The Morgan fingerprint density at radius 3 is 2.60 bits per heavy atom. The van der Waals surface area contributed by atoms with Crippen LogP contribution < -0.4 is 0 Å². The van der Waals surface area contributed by atoms with Crippen molar-refractivity contribution in [1.82, 2.24) is 5.06 Å².